The number of ether oxygens (including phenoxy) is 1. The molecule has 0 spiro atoms. The second-order valence-electron chi connectivity index (χ2n) is 5.35. The first kappa shape index (κ1) is 15.9. The Balaban J connectivity index is 1.53. The summed E-state index contributed by atoms with van der Waals surface area (Å²) in [6.45, 7) is 0.797. The van der Waals surface area contributed by atoms with E-state index in [4.69, 9.17) is 9.15 Å². The van der Waals surface area contributed by atoms with E-state index in [0.717, 1.165) is 12.2 Å². The number of nitrogens with one attached hydrogen (secondary N) is 1. The van der Waals surface area contributed by atoms with Gasteiger partial charge in [-0.25, -0.2) is 0 Å². The predicted molar refractivity (Wildman–Crippen MR) is 92.0 cm³/mol. The van der Waals surface area contributed by atoms with Crippen LogP contribution in [0.25, 0.3) is 0 Å². The molecule has 0 radical (unpaired) electrons. The minimum Gasteiger partial charge on any atom is -0.486 e. The minimum absolute atomic E-state index is 0.147. The first-order chi connectivity index (χ1) is 11.8. The van der Waals surface area contributed by atoms with E-state index in [2.05, 4.69) is 5.32 Å². The zero-order valence-electron chi connectivity index (χ0n) is 13.3. The van der Waals surface area contributed by atoms with E-state index in [-0.39, 0.29) is 12.5 Å². The molecule has 0 fully saturated rings. The molecule has 0 aliphatic carbocycles. The summed E-state index contributed by atoms with van der Waals surface area (Å²) < 4.78 is 11.0. The highest BCUT2D eigenvalue weighted by atomic mass is 16.5. The van der Waals surface area contributed by atoms with Crippen LogP contribution in [-0.4, -0.2) is 12.5 Å². The molecule has 0 unspecified atom stereocenters. The van der Waals surface area contributed by atoms with Crippen molar-refractivity contribution in [2.75, 3.05) is 6.54 Å². The number of hydrogen-bond acceptors (Lipinski definition) is 3. The largest absolute Gasteiger partial charge is 0.486 e. The van der Waals surface area contributed by atoms with Gasteiger partial charge >= 0.3 is 0 Å². The fourth-order valence-electron chi connectivity index (χ4n) is 2.38. The Bertz CT molecular complexity index is 766. The monoisotopic (exact) mass is 321 g/mol. The van der Waals surface area contributed by atoms with E-state index in [0.29, 0.717) is 17.9 Å². The minimum atomic E-state index is -0.147. The lowest BCUT2D eigenvalue weighted by molar-refractivity contribution is 0.0949. The highest BCUT2D eigenvalue weighted by molar-refractivity contribution is 5.95. The number of carbonyl (C=O) groups excluding carboxylic acids is 1. The lowest BCUT2D eigenvalue weighted by Crippen LogP contribution is -2.26. The third-order valence-electron chi connectivity index (χ3n) is 3.65. The molecule has 4 nitrogen and oxygen atoms in total. The maximum absolute atomic E-state index is 12.3. The summed E-state index contributed by atoms with van der Waals surface area (Å²) in [5, 5.41) is 2.92. The molecule has 0 saturated carbocycles. The third-order valence-corrected chi connectivity index (χ3v) is 3.65. The second kappa shape index (κ2) is 8.02. The van der Waals surface area contributed by atoms with Crippen molar-refractivity contribution in [1.29, 1.82) is 0 Å². The highest BCUT2D eigenvalue weighted by Gasteiger charge is 2.14. The number of hydrogen-bond donors (Lipinski definition) is 1. The van der Waals surface area contributed by atoms with Gasteiger partial charge in [-0.2, -0.15) is 0 Å². The van der Waals surface area contributed by atoms with Crippen molar-refractivity contribution in [2.45, 2.75) is 13.0 Å². The normalized spacial score (nSPS) is 10.3. The summed E-state index contributed by atoms with van der Waals surface area (Å²) in [5.74, 6) is 1.12. The van der Waals surface area contributed by atoms with E-state index in [1.54, 1.807) is 6.07 Å². The second-order valence-corrected chi connectivity index (χ2v) is 5.35. The highest BCUT2D eigenvalue weighted by Crippen LogP contribution is 2.15. The Morgan fingerprint density at radius 3 is 2.42 bits per heavy atom. The SMILES string of the molecule is O=C(NCCc1ccccc1)c1ccoc1COc1ccccc1. The molecular formula is C20H19NO3. The van der Waals surface area contributed by atoms with Crippen LogP contribution in [0.5, 0.6) is 5.75 Å². The van der Waals surface area contributed by atoms with Gasteiger partial charge in [-0.3, -0.25) is 4.79 Å². The molecule has 24 heavy (non-hydrogen) atoms. The molecule has 3 rings (SSSR count). The van der Waals surface area contributed by atoms with Crippen LogP contribution in [0.2, 0.25) is 0 Å². The summed E-state index contributed by atoms with van der Waals surface area (Å²) in [5.41, 5.74) is 1.71. The van der Waals surface area contributed by atoms with Gasteiger partial charge in [0, 0.05) is 6.54 Å². The molecule has 0 atom stereocenters. The van der Waals surface area contributed by atoms with Crippen LogP contribution in [0.4, 0.5) is 0 Å². The average molecular weight is 321 g/mol. The van der Waals surface area contributed by atoms with Gasteiger partial charge in [0.2, 0.25) is 0 Å². The first-order valence-electron chi connectivity index (χ1n) is 7.89. The molecule has 0 aliphatic heterocycles. The number of carbonyl (C=O) groups is 1. The summed E-state index contributed by atoms with van der Waals surface area (Å²) in [6, 6.07) is 21.2. The quantitative estimate of drug-likeness (QED) is 0.719. The van der Waals surface area contributed by atoms with Gasteiger partial charge in [-0.15, -0.1) is 0 Å². The molecule has 1 N–H and O–H groups in total. The average Bonchev–Trinajstić information content (AvgIpc) is 3.10. The molecule has 4 heteroatoms. The van der Waals surface area contributed by atoms with Crippen LogP contribution < -0.4 is 10.1 Å². The Kier molecular flexibility index (Phi) is 5.30. The van der Waals surface area contributed by atoms with Gasteiger partial charge in [-0.1, -0.05) is 48.5 Å². The predicted octanol–water partition coefficient (Wildman–Crippen LogP) is 3.83. The lowest BCUT2D eigenvalue weighted by atomic mass is 10.1. The maximum atomic E-state index is 12.3. The zero-order chi connectivity index (χ0) is 16.6. The van der Waals surface area contributed by atoms with E-state index >= 15 is 0 Å². The first-order valence-corrected chi connectivity index (χ1v) is 7.89. The molecule has 0 saturated heterocycles. The zero-order valence-corrected chi connectivity index (χ0v) is 13.3. The molecule has 122 valence electrons. The van der Waals surface area contributed by atoms with Crippen LogP contribution in [0.3, 0.4) is 0 Å². The van der Waals surface area contributed by atoms with E-state index in [1.165, 1.54) is 11.8 Å². The van der Waals surface area contributed by atoms with Gasteiger partial charge in [0.25, 0.3) is 5.91 Å². The fourth-order valence-corrected chi connectivity index (χ4v) is 2.38. The fraction of sp³-hybridized carbons (Fsp3) is 0.150. The van der Waals surface area contributed by atoms with Gasteiger partial charge < -0.3 is 14.5 Å². The Morgan fingerprint density at radius 1 is 0.958 bits per heavy atom. The van der Waals surface area contributed by atoms with Crippen LogP contribution in [-0.2, 0) is 13.0 Å². The topological polar surface area (TPSA) is 51.5 Å². The van der Waals surface area contributed by atoms with Crippen LogP contribution in [0.15, 0.2) is 77.4 Å². The molecule has 2 aromatic carbocycles. The molecule has 0 bridgehead atoms. The summed E-state index contributed by atoms with van der Waals surface area (Å²) >= 11 is 0. The van der Waals surface area contributed by atoms with Crippen LogP contribution >= 0.6 is 0 Å². The van der Waals surface area contributed by atoms with Crippen LogP contribution in [0, 0.1) is 0 Å². The van der Waals surface area contributed by atoms with Crippen molar-refractivity contribution in [3.8, 4) is 5.75 Å². The van der Waals surface area contributed by atoms with Crippen molar-refractivity contribution in [1.82, 2.24) is 5.32 Å². The van der Waals surface area contributed by atoms with Gasteiger partial charge in [-0.05, 0) is 30.2 Å². The van der Waals surface area contributed by atoms with Crippen molar-refractivity contribution >= 4 is 5.91 Å². The van der Waals surface area contributed by atoms with Crippen LogP contribution in [0.1, 0.15) is 21.7 Å². The number of para-hydroxylation sites is 1. The Labute approximate surface area is 141 Å². The van der Waals surface area contributed by atoms with E-state index < -0.39 is 0 Å². The third kappa shape index (κ3) is 4.26. The molecule has 0 aliphatic rings. The smallest absolute Gasteiger partial charge is 0.254 e. The summed E-state index contributed by atoms with van der Waals surface area (Å²) in [7, 11) is 0. The maximum Gasteiger partial charge on any atom is 0.254 e. The molecule has 1 amide bonds. The van der Waals surface area contributed by atoms with Crippen molar-refractivity contribution in [2.24, 2.45) is 0 Å². The van der Waals surface area contributed by atoms with Crippen molar-refractivity contribution < 1.29 is 13.9 Å². The number of amides is 1. The Morgan fingerprint density at radius 2 is 1.67 bits per heavy atom. The standard InChI is InChI=1S/C20H19NO3/c22-20(21-13-11-16-7-3-1-4-8-16)18-12-14-23-19(18)15-24-17-9-5-2-6-10-17/h1-10,12,14H,11,13,15H2,(H,21,22). The van der Waals surface area contributed by atoms with Gasteiger partial charge in [0.15, 0.2) is 5.76 Å². The Hall–Kier alpha value is -3.01. The molecule has 1 aromatic heterocycles. The summed E-state index contributed by atoms with van der Waals surface area (Å²) in [6.07, 6.45) is 2.30. The van der Waals surface area contributed by atoms with Gasteiger partial charge in [0.05, 0.1) is 11.8 Å². The summed E-state index contributed by atoms with van der Waals surface area (Å²) in [4.78, 5) is 12.3. The van der Waals surface area contributed by atoms with Crippen molar-refractivity contribution in [3.63, 3.8) is 0 Å². The van der Waals surface area contributed by atoms with Gasteiger partial charge in [0.1, 0.15) is 12.4 Å². The molecule has 1 heterocycles. The van der Waals surface area contributed by atoms with E-state index in [9.17, 15) is 4.79 Å². The van der Waals surface area contributed by atoms with Crippen molar-refractivity contribution in [3.05, 3.63) is 89.9 Å². The molecular weight excluding hydrogens is 302 g/mol. The number of furan rings is 1. The number of benzene rings is 2. The lowest BCUT2D eigenvalue weighted by Gasteiger charge is -2.07. The van der Waals surface area contributed by atoms with E-state index in [1.807, 2.05) is 60.7 Å². The number of rotatable bonds is 7. The molecule has 3 aromatic rings.